The number of benzene rings is 2. The van der Waals surface area contributed by atoms with Crippen LogP contribution in [0, 0.1) is 11.7 Å². The maximum Gasteiger partial charge on any atom is 0.225 e. The maximum absolute atomic E-state index is 13.5. The standard InChI is InChI=1S/C22H25FN2O/c23-19-9-3-8-18(14-19)17-7-1-4-15(12-17)13-21-20(24)10-11-25(21)22(26)16-5-2-6-16/h1,3-4,7-9,12,14,16,20-21H,2,5-6,10-11,13,24H2/t20-,21-/m0/s1. The zero-order chi connectivity index (χ0) is 18.1. The van der Waals surface area contributed by atoms with Crippen LogP contribution in [0.2, 0.25) is 0 Å². The first-order valence-electron chi connectivity index (χ1n) is 9.53. The lowest BCUT2D eigenvalue weighted by atomic mass is 9.84. The molecule has 136 valence electrons. The Morgan fingerprint density at radius 2 is 1.81 bits per heavy atom. The quantitative estimate of drug-likeness (QED) is 0.911. The molecule has 0 radical (unpaired) electrons. The third-order valence-corrected chi connectivity index (χ3v) is 5.87. The molecule has 1 amide bonds. The molecule has 1 heterocycles. The fourth-order valence-electron chi connectivity index (χ4n) is 4.09. The van der Waals surface area contributed by atoms with E-state index in [9.17, 15) is 9.18 Å². The number of carbonyl (C=O) groups is 1. The van der Waals surface area contributed by atoms with Gasteiger partial charge in [0.15, 0.2) is 0 Å². The van der Waals surface area contributed by atoms with Crippen molar-refractivity contribution in [2.45, 2.75) is 44.2 Å². The number of hydrogen-bond donors (Lipinski definition) is 1. The van der Waals surface area contributed by atoms with Crippen molar-refractivity contribution >= 4 is 5.91 Å². The van der Waals surface area contributed by atoms with Gasteiger partial charge in [-0.05, 0) is 54.5 Å². The van der Waals surface area contributed by atoms with Gasteiger partial charge in [-0.15, -0.1) is 0 Å². The molecule has 0 unspecified atom stereocenters. The van der Waals surface area contributed by atoms with E-state index in [4.69, 9.17) is 5.73 Å². The third kappa shape index (κ3) is 3.38. The fraction of sp³-hybridized carbons (Fsp3) is 0.409. The molecule has 26 heavy (non-hydrogen) atoms. The SMILES string of the molecule is N[C@H]1CCN(C(=O)C2CCC2)[C@H]1Cc1cccc(-c2cccc(F)c2)c1. The first-order valence-corrected chi connectivity index (χ1v) is 9.53. The summed E-state index contributed by atoms with van der Waals surface area (Å²) in [6.07, 6.45) is 4.82. The van der Waals surface area contributed by atoms with Crippen molar-refractivity contribution in [1.82, 2.24) is 4.90 Å². The Bertz CT molecular complexity index is 802. The van der Waals surface area contributed by atoms with Gasteiger partial charge in [0.1, 0.15) is 5.82 Å². The molecule has 1 saturated carbocycles. The first kappa shape index (κ1) is 17.2. The highest BCUT2D eigenvalue weighted by molar-refractivity contribution is 5.80. The summed E-state index contributed by atoms with van der Waals surface area (Å²) in [5.41, 5.74) is 9.34. The summed E-state index contributed by atoms with van der Waals surface area (Å²) >= 11 is 0. The molecule has 4 rings (SSSR count). The minimum atomic E-state index is -0.233. The summed E-state index contributed by atoms with van der Waals surface area (Å²) in [4.78, 5) is 14.7. The lowest BCUT2D eigenvalue weighted by Gasteiger charge is -2.33. The second-order valence-corrected chi connectivity index (χ2v) is 7.59. The smallest absolute Gasteiger partial charge is 0.225 e. The first-order chi connectivity index (χ1) is 12.6. The van der Waals surface area contributed by atoms with Crippen LogP contribution in [0.15, 0.2) is 48.5 Å². The van der Waals surface area contributed by atoms with Gasteiger partial charge in [-0.1, -0.05) is 42.8 Å². The number of carbonyl (C=O) groups excluding carboxylic acids is 1. The number of halogens is 1. The summed E-state index contributed by atoms with van der Waals surface area (Å²) < 4.78 is 13.5. The van der Waals surface area contributed by atoms with Crippen LogP contribution in [0.5, 0.6) is 0 Å². The van der Waals surface area contributed by atoms with E-state index in [-0.39, 0.29) is 29.7 Å². The molecule has 2 atom stereocenters. The molecule has 0 bridgehead atoms. The highest BCUT2D eigenvalue weighted by Gasteiger charge is 2.39. The van der Waals surface area contributed by atoms with Crippen LogP contribution in [0.3, 0.4) is 0 Å². The highest BCUT2D eigenvalue weighted by atomic mass is 19.1. The van der Waals surface area contributed by atoms with Gasteiger partial charge in [-0.25, -0.2) is 4.39 Å². The van der Waals surface area contributed by atoms with Gasteiger partial charge in [-0.2, -0.15) is 0 Å². The minimum absolute atomic E-state index is 0.0249. The topological polar surface area (TPSA) is 46.3 Å². The molecule has 2 fully saturated rings. The van der Waals surface area contributed by atoms with Crippen LogP contribution >= 0.6 is 0 Å². The van der Waals surface area contributed by atoms with Crippen molar-refractivity contribution in [2.75, 3.05) is 6.54 Å². The Kier molecular flexibility index (Phi) is 4.77. The molecule has 1 saturated heterocycles. The van der Waals surface area contributed by atoms with E-state index in [1.165, 1.54) is 6.07 Å². The Hall–Kier alpha value is -2.20. The van der Waals surface area contributed by atoms with E-state index in [2.05, 4.69) is 12.1 Å². The molecule has 2 aromatic carbocycles. The van der Waals surface area contributed by atoms with Crippen LogP contribution < -0.4 is 5.73 Å². The molecule has 2 N–H and O–H groups in total. The fourth-order valence-corrected chi connectivity index (χ4v) is 4.09. The molecular formula is C22H25FN2O. The third-order valence-electron chi connectivity index (χ3n) is 5.87. The largest absolute Gasteiger partial charge is 0.338 e. The summed E-state index contributed by atoms with van der Waals surface area (Å²) in [5.74, 6) is 0.264. The second kappa shape index (κ2) is 7.20. The van der Waals surface area contributed by atoms with E-state index >= 15 is 0 Å². The van der Waals surface area contributed by atoms with Crippen LogP contribution in [0.4, 0.5) is 4.39 Å². The molecular weight excluding hydrogens is 327 g/mol. The van der Waals surface area contributed by atoms with Crippen molar-refractivity contribution in [2.24, 2.45) is 11.7 Å². The second-order valence-electron chi connectivity index (χ2n) is 7.59. The average molecular weight is 352 g/mol. The summed E-state index contributed by atoms with van der Waals surface area (Å²) in [6.45, 7) is 0.769. The summed E-state index contributed by atoms with van der Waals surface area (Å²) in [5, 5.41) is 0. The van der Waals surface area contributed by atoms with Crippen LogP contribution in [-0.2, 0) is 11.2 Å². The number of likely N-dealkylation sites (tertiary alicyclic amines) is 1. The minimum Gasteiger partial charge on any atom is -0.338 e. The molecule has 2 aromatic rings. The maximum atomic E-state index is 13.5. The molecule has 3 nitrogen and oxygen atoms in total. The van der Waals surface area contributed by atoms with Gasteiger partial charge in [0.05, 0.1) is 6.04 Å². The number of nitrogens with two attached hydrogens (primary N) is 1. The number of amides is 1. The van der Waals surface area contributed by atoms with Crippen molar-refractivity contribution < 1.29 is 9.18 Å². The summed E-state index contributed by atoms with van der Waals surface area (Å²) in [7, 11) is 0. The van der Waals surface area contributed by atoms with Crippen molar-refractivity contribution in [1.29, 1.82) is 0 Å². The highest BCUT2D eigenvalue weighted by Crippen LogP contribution is 2.32. The zero-order valence-corrected chi connectivity index (χ0v) is 14.9. The monoisotopic (exact) mass is 352 g/mol. The normalized spacial score (nSPS) is 23.1. The Balaban J connectivity index is 1.54. The van der Waals surface area contributed by atoms with Gasteiger partial charge in [0, 0.05) is 18.5 Å². The van der Waals surface area contributed by atoms with Gasteiger partial charge >= 0.3 is 0 Å². The Labute approximate surface area is 154 Å². The zero-order valence-electron chi connectivity index (χ0n) is 14.9. The van der Waals surface area contributed by atoms with Crippen LogP contribution in [0.25, 0.3) is 11.1 Å². The number of nitrogens with zero attached hydrogens (tertiary/aromatic N) is 1. The van der Waals surface area contributed by atoms with Crippen molar-refractivity contribution in [3.8, 4) is 11.1 Å². The summed E-state index contributed by atoms with van der Waals surface area (Å²) in [6, 6.07) is 14.9. The van der Waals surface area contributed by atoms with Gasteiger partial charge in [0.2, 0.25) is 5.91 Å². The lowest BCUT2D eigenvalue weighted by molar-refractivity contribution is -0.139. The molecule has 1 aliphatic heterocycles. The molecule has 0 spiro atoms. The molecule has 1 aliphatic carbocycles. The Morgan fingerprint density at radius 3 is 2.50 bits per heavy atom. The van der Waals surface area contributed by atoms with E-state index in [0.29, 0.717) is 0 Å². The van der Waals surface area contributed by atoms with Crippen LogP contribution in [0.1, 0.15) is 31.2 Å². The lowest BCUT2D eigenvalue weighted by Crippen LogP contribution is -2.47. The van der Waals surface area contributed by atoms with E-state index < -0.39 is 0 Å². The van der Waals surface area contributed by atoms with Crippen molar-refractivity contribution in [3.05, 3.63) is 59.9 Å². The predicted octanol–water partition coefficient (Wildman–Crippen LogP) is 3.76. The van der Waals surface area contributed by atoms with E-state index in [1.807, 2.05) is 23.1 Å². The molecule has 4 heteroatoms. The number of hydrogen-bond acceptors (Lipinski definition) is 2. The molecule has 2 aliphatic rings. The van der Waals surface area contributed by atoms with Crippen LogP contribution in [-0.4, -0.2) is 29.4 Å². The van der Waals surface area contributed by atoms with Gasteiger partial charge in [-0.3, -0.25) is 4.79 Å². The van der Waals surface area contributed by atoms with Crippen molar-refractivity contribution in [3.63, 3.8) is 0 Å². The van der Waals surface area contributed by atoms with Gasteiger partial charge in [0.25, 0.3) is 0 Å². The Morgan fingerprint density at radius 1 is 1.08 bits per heavy atom. The number of rotatable bonds is 4. The van der Waals surface area contributed by atoms with E-state index in [1.54, 1.807) is 12.1 Å². The predicted molar refractivity (Wildman–Crippen MR) is 101 cm³/mol. The van der Waals surface area contributed by atoms with Gasteiger partial charge < -0.3 is 10.6 Å². The average Bonchev–Trinajstić information content (AvgIpc) is 2.94. The van der Waals surface area contributed by atoms with E-state index in [0.717, 1.165) is 55.3 Å². The molecule has 0 aromatic heterocycles.